The van der Waals surface area contributed by atoms with Gasteiger partial charge in [0.15, 0.2) is 0 Å². The Morgan fingerprint density at radius 1 is 0.714 bits per heavy atom. The van der Waals surface area contributed by atoms with Gasteiger partial charge in [-0.1, -0.05) is 0 Å². The summed E-state index contributed by atoms with van der Waals surface area (Å²) in [6.45, 7) is 11.2. The quantitative estimate of drug-likeness (QED) is 0.195. The molecule has 0 amide bonds. The van der Waals surface area contributed by atoms with Crippen molar-refractivity contribution in [1.29, 1.82) is 0 Å². The van der Waals surface area contributed by atoms with Crippen LogP contribution in [0.4, 0.5) is 11.6 Å². The van der Waals surface area contributed by atoms with Gasteiger partial charge in [0.1, 0.15) is 0 Å². The molecule has 2 aromatic heterocycles. The zero-order chi connectivity index (χ0) is 42.0. The SMILES string of the molecule is CC1(C)C2CCC(C[O][Ge]3([O]CC4CCC5CC4C5(C)C)[N]4C5=Nc6[nH]c(c7c6C=CCC7)N=c6c7ccccc7c([n]63)=NC3=NC(=NC4c4ccccc45)C4=C3C=CCC4)C1C2. The molecule has 10 nitrogen and oxygen atoms in total. The van der Waals surface area contributed by atoms with Gasteiger partial charge >= 0.3 is 374 Å². The van der Waals surface area contributed by atoms with Crippen LogP contribution in [0.5, 0.6) is 0 Å². The molecule has 0 spiro atoms. The number of amidine groups is 3. The Hall–Kier alpha value is -4.65. The topological polar surface area (TPSA) is 104 Å². The molecule has 4 aliphatic heterocycles. The molecule has 7 atom stereocenters. The molecule has 320 valence electrons. The van der Waals surface area contributed by atoms with Crippen LogP contribution >= 0.6 is 0 Å². The Balaban J connectivity index is 1.11. The van der Waals surface area contributed by atoms with Crippen molar-refractivity contribution in [2.45, 2.75) is 98.1 Å². The van der Waals surface area contributed by atoms with Crippen LogP contribution in [0.3, 0.4) is 0 Å². The molecule has 8 aliphatic carbocycles. The maximum atomic E-state index is 8.24. The fourth-order valence-corrected chi connectivity index (χ4v) is 21.6. The molecule has 0 radical (unpaired) electrons. The van der Waals surface area contributed by atoms with Crippen LogP contribution in [0.2, 0.25) is 0 Å². The third-order valence-electron chi connectivity index (χ3n) is 18.1. The Morgan fingerprint density at radius 2 is 1.38 bits per heavy atom. The van der Waals surface area contributed by atoms with Crippen LogP contribution in [0.25, 0.3) is 16.8 Å². The molecule has 0 saturated heterocycles. The van der Waals surface area contributed by atoms with E-state index in [1.54, 1.807) is 0 Å². The van der Waals surface area contributed by atoms with Crippen LogP contribution in [0.1, 0.15) is 114 Å². The Morgan fingerprint density at radius 3 is 2.10 bits per heavy atom. The number of nitrogens with zero attached hydrogens (tertiary/aromatic N) is 7. The van der Waals surface area contributed by atoms with Crippen LogP contribution in [-0.2, 0) is 13.9 Å². The van der Waals surface area contributed by atoms with Gasteiger partial charge in [0.2, 0.25) is 0 Å². The number of nitrogens with one attached hydrogen (secondary N) is 1. The average Bonchev–Trinajstić information content (AvgIpc) is 4.03. The molecule has 6 heterocycles. The second-order valence-corrected chi connectivity index (χ2v) is 26.9. The van der Waals surface area contributed by atoms with Crippen molar-refractivity contribution in [3.8, 4) is 0 Å². The van der Waals surface area contributed by atoms with Gasteiger partial charge in [-0.25, -0.2) is 0 Å². The minimum absolute atomic E-state index is 0.305. The number of benzene rings is 2. The van der Waals surface area contributed by atoms with E-state index in [0.717, 1.165) is 105 Å². The summed E-state index contributed by atoms with van der Waals surface area (Å²) in [6, 6.07) is 17.5. The molecule has 12 aliphatic rings. The molecular weight excluding hydrogens is 841 g/mol. The van der Waals surface area contributed by atoms with Crippen molar-refractivity contribution < 1.29 is 7.53 Å². The number of fused-ring (bicyclic) bond motifs is 18. The zero-order valence-electron chi connectivity index (χ0n) is 36.9. The fraction of sp³-hybridized carbons (Fsp3) is 0.481. The van der Waals surface area contributed by atoms with Crippen molar-refractivity contribution >= 4 is 60.4 Å². The molecule has 6 fully saturated rings. The van der Waals surface area contributed by atoms with Crippen LogP contribution in [-0.4, -0.2) is 57.5 Å². The summed E-state index contributed by atoms with van der Waals surface area (Å²) < 4.78 is 21.4. The Labute approximate surface area is 372 Å². The van der Waals surface area contributed by atoms with E-state index < -0.39 is 20.6 Å². The number of H-pyrrole nitrogens is 1. The number of aromatic amines is 1. The van der Waals surface area contributed by atoms with E-state index in [2.05, 4.69) is 113 Å². The van der Waals surface area contributed by atoms with Crippen molar-refractivity contribution in [1.82, 2.24) is 12.4 Å². The summed E-state index contributed by atoms with van der Waals surface area (Å²) >= 11 is -4.96. The maximum absolute atomic E-state index is 8.24. The summed E-state index contributed by atoms with van der Waals surface area (Å²) in [5.74, 6) is 7.66. The summed E-state index contributed by atoms with van der Waals surface area (Å²) in [5.41, 5.74) is 8.97. The van der Waals surface area contributed by atoms with Gasteiger partial charge in [-0.2, -0.15) is 0 Å². The van der Waals surface area contributed by atoms with Gasteiger partial charge in [-0.15, -0.1) is 0 Å². The van der Waals surface area contributed by atoms with Gasteiger partial charge in [0.05, 0.1) is 0 Å². The molecule has 7 unspecified atom stereocenters. The van der Waals surface area contributed by atoms with E-state index in [0.29, 0.717) is 53.6 Å². The first kappa shape index (κ1) is 37.7. The number of allylic oxidation sites excluding steroid dienone is 2. The van der Waals surface area contributed by atoms with Gasteiger partial charge < -0.3 is 0 Å². The first-order valence-corrected chi connectivity index (χ1v) is 27.6. The minimum atomic E-state index is -4.96. The van der Waals surface area contributed by atoms with Crippen molar-refractivity contribution in [2.75, 3.05) is 13.2 Å². The molecular formula is C52H56GeN8O2. The predicted octanol–water partition coefficient (Wildman–Crippen LogP) is 9.84. The molecule has 2 aromatic carbocycles. The fourth-order valence-electron chi connectivity index (χ4n) is 14.2. The molecule has 4 aromatic rings. The standard InChI is InChI=1S/C52H56GeN8O2/c1-51(2)31-23-21-29(41(51)25-31)27-62-53(63-28-30-22-24-32-26-42(30)52(32,3)4)60-47-37-17-9-10-18-38(37)49(60)58-45-35-15-7-8-16-36(35)46(55-45)59-50-40-20-12-11-19-39(40)48(61(50)53)57-44-34-14-6-5-13-33(34)43(54-44)56-47/h5,8-13,16-20,29-32,41-42,48,55H,6-7,14-15,21-28H2,1-4H3. The number of hydrogen-bond donors (Lipinski definition) is 1. The molecule has 16 rings (SSSR count). The van der Waals surface area contributed by atoms with Crippen molar-refractivity contribution in [2.24, 2.45) is 71.3 Å². The van der Waals surface area contributed by atoms with Crippen LogP contribution in [0.15, 0.2) is 103 Å². The van der Waals surface area contributed by atoms with Gasteiger partial charge in [0.25, 0.3) is 0 Å². The normalized spacial score (nSPS) is 32.9. The number of rotatable bonds is 6. The monoisotopic (exact) mass is 898 g/mol. The number of aliphatic imine (C=N–C) groups is 3. The van der Waals surface area contributed by atoms with Gasteiger partial charge in [-0.05, 0) is 0 Å². The van der Waals surface area contributed by atoms with Crippen LogP contribution < -0.4 is 11.0 Å². The first-order valence-electron chi connectivity index (χ1n) is 24.0. The van der Waals surface area contributed by atoms with Crippen LogP contribution in [0, 0.1) is 46.3 Å². The van der Waals surface area contributed by atoms with E-state index in [1.165, 1.54) is 49.7 Å². The zero-order valence-corrected chi connectivity index (χ0v) is 39.0. The van der Waals surface area contributed by atoms with E-state index in [-0.39, 0.29) is 0 Å². The van der Waals surface area contributed by atoms with E-state index >= 15 is 0 Å². The second-order valence-electron chi connectivity index (χ2n) is 21.5. The van der Waals surface area contributed by atoms with Gasteiger partial charge in [0, 0.05) is 0 Å². The predicted molar refractivity (Wildman–Crippen MR) is 249 cm³/mol. The van der Waals surface area contributed by atoms with Crippen molar-refractivity contribution in [3.63, 3.8) is 0 Å². The third-order valence-corrected chi connectivity index (χ3v) is 24.7. The number of hydrogen-bond acceptors (Lipinski definition) is 8. The van der Waals surface area contributed by atoms with Crippen molar-refractivity contribution in [3.05, 3.63) is 111 Å². The molecule has 11 heteroatoms. The van der Waals surface area contributed by atoms with E-state index in [9.17, 15) is 0 Å². The summed E-state index contributed by atoms with van der Waals surface area (Å²) in [7, 11) is 0. The molecule has 63 heavy (non-hydrogen) atoms. The molecule has 1 N–H and O–H groups in total. The van der Waals surface area contributed by atoms with E-state index in [4.69, 9.17) is 32.5 Å². The Kier molecular flexibility index (Phi) is 7.91. The summed E-state index contributed by atoms with van der Waals surface area (Å²) in [6.07, 6.45) is 19.6. The Bertz CT molecular complexity index is 2970. The third kappa shape index (κ3) is 5.11. The first-order chi connectivity index (χ1) is 30.7. The molecule has 6 saturated carbocycles. The summed E-state index contributed by atoms with van der Waals surface area (Å²) in [4.78, 5) is 32.4. The average molecular weight is 898 g/mol. The molecule has 10 bridgehead atoms. The number of aromatic nitrogens is 2. The van der Waals surface area contributed by atoms with E-state index in [1.807, 2.05) is 0 Å². The summed E-state index contributed by atoms with van der Waals surface area (Å²) in [5, 5.41) is 2.07. The second kappa shape index (κ2) is 13.2. The van der Waals surface area contributed by atoms with Gasteiger partial charge in [-0.3, -0.25) is 0 Å².